The van der Waals surface area contributed by atoms with Gasteiger partial charge in [0.1, 0.15) is 6.61 Å². The predicted molar refractivity (Wildman–Crippen MR) is 110 cm³/mol. The molecule has 0 rings (SSSR count). The number of ether oxygens (including phenoxy) is 2. The largest absolute Gasteiger partial charge is 0.469 e. The second-order valence-electron chi connectivity index (χ2n) is 6.91. The zero-order valence-corrected chi connectivity index (χ0v) is 18.6. The molecule has 0 aliphatic carbocycles. The van der Waals surface area contributed by atoms with Crippen molar-refractivity contribution in [2.24, 2.45) is 0 Å². The molecule has 0 amide bonds. The SMILES string of the molecule is C/C=C/CCCCCCCC(=O)O[C@H](COC(=O)CCCCC)COP(=O)(O)O. The fraction of sp³-hybridized carbons (Fsp3) is 0.800. The molecule has 0 aromatic carbocycles. The molecule has 0 aromatic rings. The van der Waals surface area contributed by atoms with Crippen LogP contribution in [0.4, 0.5) is 0 Å². The third-order valence-electron chi connectivity index (χ3n) is 4.13. The van der Waals surface area contributed by atoms with E-state index in [2.05, 4.69) is 10.6 Å². The van der Waals surface area contributed by atoms with Gasteiger partial charge in [-0.25, -0.2) is 4.57 Å². The highest BCUT2D eigenvalue weighted by Crippen LogP contribution is 2.35. The second kappa shape index (κ2) is 17.6. The second-order valence-corrected chi connectivity index (χ2v) is 8.15. The van der Waals surface area contributed by atoms with Crippen molar-refractivity contribution in [3.63, 3.8) is 0 Å². The van der Waals surface area contributed by atoms with Crippen molar-refractivity contribution < 1.29 is 37.9 Å². The Bertz CT molecular complexity index is 515. The molecule has 0 aromatic heterocycles. The normalized spacial score (nSPS) is 12.8. The lowest BCUT2D eigenvalue weighted by molar-refractivity contribution is -0.161. The van der Waals surface area contributed by atoms with Gasteiger partial charge in [-0.2, -0.15) is 0 Å². The number of allylic oxidation sites excluding steroid dienone is 2. The average Bonchev–Trinajstić information content (AvgIpc) is 2.65. The lowest BCUT2D eigenvalue weighted by atomic mass is 10.1. The number of hydrogen-bond acceptors (Lipinski definition) is 6. The Balaban J connectivity index is 4.21. The minimum Gasteiger partial charge on any atom is -0.462 e. The highest BCUT2D eigenvalue weighted by Gasteiger charge is 2.22. The minimum atomic E-state index is -4.71. The van der Waals surface area contributed by atoms with Gasteiger partial charge in [-0.15, -0.1) is 0 Å². The minimum absolute atomic E-state index is 0.200. The molecule has 0 bridgehead atoms. The molecule has 8 nitrogen and oxygen atoms in total. The average molecular weight is 436 g/mol. The van der Waals surface area contributed by atoms with Crippen LogP contribution in [0.2, 0.25) is 0 Å². The first-order valence-electron chi connectivity index (χ1n) is 10.4. The Labute approximate surface area is 174 Å². The number of rotatable bonds is 18. The molecule has 0 unspecified atom stereocenters. The maximum Gasteiger partial charge on any atom is 0.469 e. The van der Waals surface area contributed by atoms with Gasteiger partial charge in [-0.3, -0.25) is 14.1 Å². The molecule has 0 radical (unpaired) electrons. The van der Waals surface area contributed by atoms with Gasteiger partial charge in [-0.1, -0.05) is 51.2 Å². The molecule has 0 aliphatic heterocycles. The highest BCUT2D eigenvalue weighted by molar-refractivity contribution is 7.46. The summed E-state index contributed by atoms with van der Waals surface area (Å²) in [6.07, 6.45) is 12.1. The molecule has 170 valence electrons. The molecule has 2 N–H and O–H groups in total. The molecule has 0 aliphatic rings. The quantitative estimate of drug-likeness (QED) is 0.140. The summed E-state index contributed by atoms with van der Waals surface area (Å²) in [6, 6.07) is 0. The summed E-state index contributed by atoms with van der Waals surface area (Å²) in [6.45, 7) is 3.19. The van der Waals surface area contributed by atoms with Crippen LogP contribution in [-0.2, 0) is 28.2 Å². The zero-order chi connectivity index (χ0) is 22.0. The van der Waals surface area contributed by atoms with Crippen LogP contribution in [0.3, 0.4) is 0 Å². The van der Waals surface area contributed by atoms with Crippen LogP contribution in [0.15, 0.2) is 12.2 Å². The Kier molecular flexibility index (Phi) is 16.9. The third kappa shape index (κ3) is 19.9. The summed E-state index contributed by atoms with van der Waals surface area (Å²) in [5.74, 6) is -0.936. The van der Waals surface area contributed by atoms with Crippen molar-refractivity contribution in [3.8, 4) is 0 Å². The van der Waals surface area contributed by atoms with Crippen LogP contribution >= 0.6 is 7.82 Å². The topological polar surface area (TPSA) is 119 Å². The van der Waals surface area contributed by atoms with E-state index >= 15 is 0 Å². The summed E-state index contributed by atoms with van der Waals surface area (Å²) >= 11 is 0. The van der Waals surface area contributed by atoms with Crippen molar-refractivity contribution >= 4 is 19.8 Å². The number of esters is 2. The van der Waals surface area contributed by atoms with Gasteiger partial charge in [0.15, 0.2) is 6.10 Å². The van der Waals surface area contributed by atoms with Crippen molar-refractivity contribution in [2.45, 2.75) is 90.6 Å². The lowest BCUT2D eigenvalue weighted by Gasteiger charge is -2.18. The van der Waals surface area contributed by atoms with E-state index in [-0.39, 0.29) is 19.4 Å². The summed E-state index contributed by atoms with van der Waals surface area (Å²) in [4.78, 5) is 41.3. The molecule has 0 fully saturated rings. The third-order valence-corrected chi connectivity index (χ3v) is 4.61. The van der Waals surface area contributed by atoms with Crippen LogP contribution in [0.25, 0.3) is 0 Å². The lowest BCUT2D eigenvalue weighted by Crippen LogP contribution is -2.29. The number of phosphoric acid groups is 1. The van der Waals surface area contributed by atoms with Crippen molar-refractivity contribution in [1.29, 1.82) is 0 Å². The maximum atomic E-state index is 12.0. The summed E-state index contributed by atoms with van der Waals surface area (Å²) in [5.41, 5.74) is 0. The van der Waals surface area contributed by atoms with Gasteiger partial charge < -0.3 is 19.3 Å². The number of carbonyl (C=O) groups is 2. The van der Waals surface area contributed by atoms with E-state index in [1.165, 1.54) is 0 Å². The van der Waals surface area contributed by atoms with Crippen LogP contribution in [-0.4, -0.2) is 41.0 Å². The summed E-state index contributed by atoms with van der Waals surface area (Å²) in [5, 5.41) is 0. The molecule has 29 heavy (non-hydrogen) atoms. The molecule has 9 heteroatoms. The Hall–Kier alpha value is -1.21. The summed E-state index contributed by atoms with van der Waals surface area (Å²) < 4.78 is 25.5. The van der Waals surface area contributed by atoms with E-state index < -0.39 is 32.5 Å². The number of phosphoric ester groups is 1. The molecule has 1 atom stereocenters. The first-order valence-corrected chi connectivity index (χ1v) is 12.0. The Morgan fingerprint density at radius 3 is 2.21 bits per heavy atom. The van der Waals surface area contributed by atoms with Gasteiger partial charge >= 0.3 is 19.8 Å². The van der Waals surface area contributed by atoms with Crippen LogP contribution in [0.1, 0.15) is 84.5 Å². The van der Waals surface area contributed by atoms with E-state index in [0.717, 1.165) is 44.9 Å². The van der Waals surface area contributed by atoms with Crippen molar-refractivity contribution in [2.75, 3.05) is 13.2 Å². The zero-order valence-electron chi connectivity index (χ0n) is 17.7. The van der Waals surface area contributed by atoms with Gasteiger partial charge in [-0.05, 0) is 32.6 Å². The van der Waals surface area contributed by atoms with Gasteiger partial charge in [0.05, 0.1) is 6.61 Å². The molecule has 0 spiro atoms. The summed E-state index contributed by atoms with van der Waals surface area (Å²) in [7, 11) is -4.71. The Morgan fingerprint density at radius 2 is 1.55 bits per heavy atom. The van der Waals surface area contributed by atoms with Gasteiger partial charge in [0, 0.05) is 12.8 Å². The molecular weight excluding hydrogens is 399 g/mol. The van der Waals surface area contributed by atoms with E-state index in [1.54, 1.807) is 0 Å². The molecule has 0 saturated heterocycles. The molecular formula is C20H37O8P. The van der Waals surface area contributed by atoms with E-state index in [4.69, 9.17) is 19.3 Å². The van der Waals surface area contributed by atoms with Crippen molar-refractivity contribution in [3.05, 3.63) is 12.2 Å². The highest BCUT2D eigenvalue weighted by atomic mass is 31.2. The Morgan fingerprint density at radius 1 is 0.931 bits per heavy atom. The van der Waals surface area contributed by atoms with Crippen LogP contribution in [0, 0.1) is 0 Å². The first-order chi connectivity index (χ1) is 13.8. The first kappa shape index (κ1) is 27.8. The van der Waals surface area contributed by atoms with Crippen LogP contribution < -0.4 is 0 Å². The number of hydrogen-bond donors (Lipinski definition) is 2. The van der Waals surface area contributed by atoms with Gasteiger partial charge in [0.2, 0.25) is 0 Å². The molecule has 0 saturated carbocycles. The fourth-order valence-corrected chi connectivity index (χ4v) is 2.91. The smallest absolute Gasteiger partial charge is 0.462 e. The van der Waals surface area contributed by atoms with Crippen molar-refractivity contribution in [1.82, 2.24) is 0 Å². The van der Waals surface area contributed by atoms with E-state index in [1.807, 2.05) is 19.9 Å². The monoisotopic (exact) mass is 436 g/mol. The number of unbranched alkanes of at least 4 members (excludes halogenated alkanes) is 7. The maximum absolute atomic E-state index is 12.0. The van der Waals surface area contributed by atoms with Crippen LogP contribution in [0.5, 0.6) is 0 Å². The van der Waals surface area contributed by atoms with E-state index in [9.17, 15) is 14.2 Å². The van der Waals surface area contributed by atoms with E-state index in [0.29, 0.717) is 12.8 Å². The number of carbonyl (C=O) groups excluding carboxylic acids is 2. The standard InChI is InChI=1S/C20H37O8P/c1-3-5-7-8-9-10-11-13-15-20(22)28-18(17-27-29(23,24)25)16-26-19(21)14-12-6-4-2/h3,5,18H,4,6-17H2,1-2H3,(H2,23,24,25)/b5-3+/t18-/m1/s1. The predicted octanol–water partition coefficient (Wildman–Crippen LogP) is 4.44. The fourth-order valence-electron chi connectivity index (χ4n) is 2.55. The molecule has 0 heterocycles. The van der Waals surface area contributed by atoms with Gasteiger partial charge in [0.25, 0.3) is 0 Å².